The number of hydrogen-bond acceptors (Lipinski definition) is 4. The summed E-state index contributed by atoms with van der Waals surface area (Å²) in [5, 5.41) is 19.2. The summed E-state index contributed by atoms with van der Waals surface area (Å²) in [7, 11) is 0. The Hall–Kier alpha value is -1.95. The van der Waals surface area contributed by atoms with E-state index in [-0.39, 0.29) is 17.1 Å². The zero-order valence-electron chi connectivity index (χ0n) is 19.2. The third-order valence-electron chi connectivity index (χ3n) is 8.42. The van der Waals surface area contributed by atoms with Crippen molar-refractivity contribution in [3.8, 4) is 5.75 Å². The molecule has 2 saturated carbocycles. The predicted octanol–water partition coefficient (Wildman–Crippen LogP) is 5.27. The highest BCUT2D eigenvalue weighted by Crippen LogP contribution is 2.63. The van der Waals surface area contributed by atoms with E-state index in [4.69, 9.17) is 9.94 Å². The lowest BCUT2D eigenvalue weighted by atomic mass is 9.46. The minimum absolute atomic E-state index is 0.121. The molecule has 5 heteroatoms. The molecule has 2 fully saturated rings. The number of benzene rings is 1. The van der Waals surface area contributed by atoms with E-state index in [0.29, 0.717) is 17.6 Å². The predicted molar refractivity (Wildman–Crippen MR) is 120 cm³/mol. The molecule has 0 heterocycles. The maximum absolute atomic E-state index is 13.4. The van der Waals surface area contributed by atoms with Gasteiger partial charge in [0.25, 0.3) is 0 Å². The number of allylic oxidation sites excluding steroid dienone is 4. The highest BCUT2D eigenvalue weighted by atomic mass is 16.8. The second-order valence-corrected chi connectivity index (χ2v) is 10.4. The van der Waals surface area contributed by atoms with Crippen molar-refractivity contribution < 1.29 is 20.0 Å². The summed E-state index contributed by atoms with van der Waals surface area (Å²) in [4.78, 5) is 13.4. The fourth-order valence-corrected chi connectivity index (χ4v) is 6.70. The van der Waals surface area contributed by atoms with E-state index in [1.54, 1.807) is 17.7 Å². The summed E-state index contributed by atoms with van der Waals surface area (Å²) < 4.78 is 5.82. The second kappa shape index (κ2) is 8.19. The van der Waals surface area contributed by atoms with E-state index < -0.39 is 10.6 Å². The number of nitrogens with one attached hydrogen (secondary N) is 1. The fourth-order valence-electron chi connectivity index (χ4n) is 6.70. The number of quaternary nitrogens is 1. The Morgan fingerprint density at radius 2 is 1.84 bits per heavy atom. The first-order valence-corrected chi connectivity index (χ1v) is 11.6. The highest BCUT2D eigenvalue weighted by molar-refractivity contribution is 5.79. The van der Waals surface area contributed by atoms with Gasteiger partial charge in [-0.3, -0.25) is 4.79 Å². The Bertz CT molecular complexity index is 912. The van der Waals surface area contributed by atoms with E-state index in [9.17, 15) is 10.0 Å². The smallest absolute Gasteiger partial charge is 0.317 e. The van der Waals surface area contributed by atoms with Crippen molar-refractivity contribution in [1.82, 2.24) is 0 Å². The zero-order valence-corrected chi connectivity index (χ0v) is 19.2. The van der Waals surface area contributed by atoms with Crippen molar-refractivity contribution in [2.75, 3.05) is 0 Å². The number of hydrogen-bond donors (Lipinski definition) is 2. The second-order valence-electron chi connectivity index (χ2n) is 10.4. The molecule has 1 aromatic rings. The van der Waals surface area contributed by atoms with Crippen LogP contribution in [0.2, 0.25) is 0 Å². The molecule has 0 spiro atoms. The summed E-state index contributed by atoms with van der Waals surface area (Å²) in [5.41, 5.74) is 4.30. The Morgan fingerprint density at radius 1 is 1.13 bits per heavy atom. The summed E-state index contributed by atoms with van der Waals surface area (Å²) in [6.45, 7) is 8.92. The monoisotopic (exact) mass is 425 g/mol. The molecule has 3 aliphatic rings. The van der Waals surface area contributed by atoms with E-state index in [2.05, 4.69) is 33.8 Å². The highest BCUT2D eigenvalue weighted by Gasteiger charge is 2.58. The van der Waals surface area contributed by atoms with Gasteiger partial charge in [0.05, 0.1) is 5.41 Å². The third-order valence-corrected chi connectivity index (χ3v) is 8.42. The number of carbonyl (C=O) groups excluding carboxylic acids is 1. The SMILES string of the molecule is CC(C)=C1C=C2CCC3C(C)(C(=O)Oc4ccc([NH+]([O-])O)cc4)CCCC3(C)C2CC1. The molecule has 3 aliphatic carbocycles. The normalized spacial score (nSPS) is 33.6. The first kappa shape index (κ1) is 22.3. The average molecular weight is 426 g/mol. The van der Waals surface area contributed by atoms with Crippen molar-refractivity contribution in [3.63, 3.8) is 0 Å². The van der Waals surface area contributed by atoms with Gasteiger partial charge in [0.2, 0.25) is 0 Å². The van der Waals surface area contributed by atoms with Crippen LogP contribution in [-0.2, 0) is 4.79 Å². The van der Waals surface area contributed by atoms with Gasteiger partial charge >= 0.3 is 5.97 Å². The summed E-state index contributed by atoms with van der Waals surface area (Å²) in [6.07, 6.45) is 9.92. The minimum Gasteiger partial charge on any atom is -0.595 e. The van der Waals surface area contributed by atoms with Gasteiger partial charge in [0.1, 0.15) is 5.75 Å². The first-order chi connectivity index (χ1) is 14.6. The molecule has 5 atom stereocenters. The van der Waals surface area contributed by atoms with E-state index >= 15 is 0 Å². The van der Waals surface area contributed by atoms with Crippen molar-refractivity contribution >= 4 is 11.7 Å². The maximum atomic E-state index is 13.4. The third kappa shape index (κ3) is 3.88. The molecule has 0 aromatic heterocycles. The molecule has 5 unspecified atom stereocenters. The Labute approximate surface area is 185 Å². The fraction of sp³-hybridized carbons (Fsp3) is 0.577. The summed E-state index contributed by atoms with van der Waals surface area (Å²) in [5.74, 6) is 1.11. The molecular formula is C26H35NO4. The molecule has 0 aliphatic heterocycles. The van der Waals surface area contributed by atoms with Crippen molar-refractivity contribution in [3.05, 3.63) is 52.3 Å². The van der Waals surface area contributed by atoms with Crippen LogP contribution in [0.4, 0.5) is 5.69 Å². The van der Waals surface area contributed by atoms with Gasteiger partial charge in [-0.2, -0.15) is 5.23 Å². The first-order valence-electron chi connectivity index (χ1n) is 11.6. The van der Waals surface area contributed by atoms with Crippen LogP contribution >= 0.6 is 0 Å². The van der Waals surface area contributed by atoms with Crippen molar-refractivity contribution in [2.24, 2.45) is 22.7 Å². The quantitative estimate of drug-likeness (QED) is 0.393. The summed E-state index contributed by atoms with van der Waals surface area (Å²) in [6, 6.07) is 6.13. The minimum atomic E-state index is -0.984. The van der Waals surface area contributed by atoms with E-state index in [1.807, 2.05) is 0 Å². The number of fused-ring (bicyclic) bond motifs is 3. The number of rotatable bonds is 3. The van der Waals surface area contributed by atoms with Crippen LogP contribution in [0.5, 0.6) is 5.75 Å². The van der Waals surface area contributed by atoms with Gasteiger partial charge in [-0.05, 0) is 94.3 Å². The molecule has 0 radical (unpaired) electrons. The lowest BCUT2D eigenvalue weighted by Gasteiger charge is -2.58. The van der Waals surface area contributed by atoms with Gasteiger partial charge < -0.3 is 9.94 Å². The average Bonchev–Trinajstić information content (AvgIpc) is 2.73. The molecular weight excluding hydrogens is 390 g/mol. The van der Waals surface area contributed by atoms with Crippen molar-refractivity contribution in [1.29, 1.82) is 0 Å². The van der Waals surface area contributed by atoms with Gasteiger partial charge in [0, 0.05) is 12.1 Å². The number of carbonyl (C=O) groups is 1. The largest absolute Gasteiger partial charge is 0.595 e. The van der Waals surface area contributed by atoms with Crippen LogP contribution in [0.3, 0.4) is 0 Å². The lowest BCUT2D eigenvalue weighted by molar-refractivity contribution is -0.991. The van der Waals surface area contributed by atoms with Crippen LogP contribution in [0.1, 0.15) is 72.6 Å². The Balaban J connectivity index is 1.58. The summed E-state index contributed by atoms with van der Waals surface area (Å²) >= 11 is 0. The lowest BCUT2D eigenvalue weighted by Crippen LogP contribution is -2.99. The van der Waals surface area contributed by atoms with Gasteiger partial charge in [-0.15, -0.1) is 0 Å². The van der Waals surface area contributed by atoms with Gasteiger partial charge in [0.15, 0.2) is 5.69 Å². The van der Waals surface area contributed by atoms with E-state index in [0.717, 1.165) is 32.1 Å². The van der Waals surface area contributed by atoms with Crippen molar-refractivity contribution in [2.45, 2.75) is 72.6 Å². The van der Waals surface area contributed by atoms with Gasteiger partial charge in [-0.1, -0.05) is 30.6 Å². The Kier molecular flexibility index (Phi) is 5.88. The van der Waals surface area contributed by atoms with Crippen LogP contribution in [-0.4, -0.2) is 11.2 Å². The molecule has 5 nitrogen and oxygen atoms in total. The standard InChI is InChI=1S/C26H35NO4/c1-17(2)18-6-12-22-19(16-18)7-13-23-25(22,3)14-5-15-26(23,4)24(28)31-21-10-8-20(9-11-21)27(29)30/h8-11,16,22-23,27,29H,5-7,12-15H2,1-4H3. The molecule has 4 rings (SSSR count). The molecule has 0 bridgehead atoms. The molecule has 0 saturated heterocycles. The van der Waals surface area contributed by atoms with Crippen LogP contribution in [0, 0.1) is 27.9 Å². The van der Waals surface area contributed by atoms with Crippen LogP contribution in [0.25, 0.3) is 0 Å². The van der Waals surface area contributed by atoms with E-state index in [1.165, 1.54) is 36.1 Å². The molecule has 1 aromatic carbocycles. The molecule has 168 valence electrons. The van der Waals surface area contributed by atoms with Crippen LogP contribution < -0.4 is 9.96 Å². The number of ether oxygens (including phenoxy) is 1. The Morgan fingerprint density at radius 3 is 2.48 bits per heavy atom. The number of esters is 1. The van der Waals surface area contributed by atoms with Gasteiger partial charge in [-0.25, -0.2) is 5.21 Å². The molecule has 31 heavy (non-hydrogen) atoms. The molecule has 0 amide bonds. The van der Waals surface area contributed by atoms with Crippen LogP contribution in [0.15, 0.2) is 47.1 Å². The zero-order chi connectivity index (χ0) is 22.4. The maximum Gasteiger partial charge on any atom is 0.317 e. The topological polar surface area (TPSA) is 74.0 Å². The molecule has 2 N–H and O–H groups in total.